The molecule has 0 aromatic carbocycles. The highest BCUT2D eigenvalue weighted by Gasteiger charge is 2.09. The Labute approximate surface area is 97.5 Å². The van der Waals surface area contributed by atoms with Crippen LogP contribution in [0.1, 0.15) is 44.6 Å². The zero-order valence-corrected chi connectivity index (χ0v) is 10.9. The number of aromatic nitrogens is 2. The summed E-state index contributed by atoms with van der Waals surface area (Å²) in [5.74, 6) is 1.06. The van der Waals surface area contributed by atoms with E-state index in [4.69, 9.17) is 0 Å². The fraction of sp³-hybridized carbons (Fsp3) is 0.600. The fourth-order valence-corrected chi connectivity index (χ4v) is 1.73. The van der Waals surface area contributed by atoms with Crippen molar-refractivity contribution in [1.29, 1.82) is 0 Å². The molecule has 0 unspecified atom stereocenters. The van der Waals surface area contributed by atoms with Gasteiger partial charge in [0.05, 0.1) is 9.26 Å². The number of hydrogen-bond acceptors (Lipinski definition) is 2. The maximum Gasteiger partial charge on any atom is 0.264 e. The van der Waals surface area contributed by atoms with Crippen LogP contribution in [0.25, 0.3) is 0 Å². The van der Waals surface area contributed by atoms with Crippen LogP contribution in [0.2, 0.25) is 0 Å². The van der Waals surface area contributed by atoms with Gasteiger partial charge >= 0.3 is 0 Å². The van der Waals surface area contributed by atoms with Crippen LogP contribution >= 0.6 is 22.6 Å². The lowest BCUT2D eigenvalue weighted by Gasteiger charge is -2.07. The largest absolute Gasteiger partial charge is 0.309 e. The molecule has 14 heavy (non-hydrogen) atoms. The van der Waals surface area contributed by atoms with E-state index in [1.807, 2.05) is 13.8 Å². The van der Waals surface area contributed by atoms with Crippen molar-refractivity contribution in [3.8, 4) is 0 Å². The molecule has 0 saturated carbocycles. The van der Waals surface area contributed by atoms with E-state index in [1.54, 1.807) is 0 Å². The van der Waals surface area contributed by atoms with E-state index in [0.29, 0.717) is 0 Å². The molecule has 0 fully saturated rings. The number of rotatable bonds is 3. The lowest BCUT2D eigenvalue weighted by Crippen LogP contribution is -2.18. The summed E-state index contributed by atoms with van der Waals surface area (Å²) in [5, 5.41) is 0. The molecule has 1 aromatic rings. The molecule has 0 saturated heterocycles. The molecular weight excluding hydrogens is 291 g/mol. The minimum Gasteiger partial charge on any atom is -0.309 e. The molecule has 78 valence electrons. The first kappa shape index (κ1) is 11.7. The summed E-state index contributed by atoms with van der Waals surface area (Å²) in [7, 11) is 0. The maximum atomic E-state index is 11.5. The van der Waals surface area contributed by atoms with E-state index in [-0.39, 0.29) is 11.5 Å². The Hall–Kier alpha value is -0.390. The van der Waals surface area contributed by atoms with Crippen LogP contribution < -0.4 is 5.56 Å². The minimum atomic E-state index is -0.00671. The standard InChI is InChI=1S/C10H15IN2O/c1-4-5-7-8(11)10(14)13-9(12-7)6(2)3/h6H,4-5H2,1-3H3,(H,12,13,14). The van der Waals surface area contributed by atoms with Crippen LogP contribution in [-0.4, -0.2) is 9.97 Å². The van der Waals surface area contributed by atoms with Crippen molar-refractivity contribution in [2.75, 3.05) is 0 Å². The van der Waals surface area contributed by atoms with E-state index in [0.717, 1.165) is 27.9 Å². The first-order chi connectivity index (χ1) is 6.56. The average molecular weight is 306 g/mol. The zero-order valence-electron chi connectivity index (χ0n) is 8.72. The molecule has 0 aliphatic rings. The predicted octanol–water partition coefficient (Wildman–Crippen LogP) is 2.45. The maximum absolute atomic E-state index is 11.5. The molecule has 0 radical (unpaired) electrons. The molecule has 0 amide bonds. The fourth-order valence-electron chi connectivity index (χ4n) is 1.20. The van der Waals surface area contributed by atoms with Gasteiger partial charge in [0.2, 0.25) is 0 Å². The van der Waals surface area contributed by atoms with Gasteiger partial charge in [0.15, 0.2) is 0 Å². The van der Waals surface area contributed by atoms with Gasteiger partial charge in [0, 0.05) is 5.92 Å². The van der Waals surface area contributed by atoms with Gasteiger partial charge < -0.3 is 4.98 Å². The van der Waals surface area contributed by atoms with Crippen molar-refractivity contribution in [3.63, 3.8) is 0 Å². The van der Waals surface area contributed by atoms with E-state index in [1.165, 1.54) is 0 Å². The number of nitrogens with one attached hydrogen (secondary N) is 1. The lowest BCUT2D eigenvalue weighted by atomic mass is 10.2. The second-order valence-electron chi connectivity index (χ2n) is 3.62. The molecule has 1 rings (SSSR count). The highest BCUT2D eigenvalue weighted by Crippen LogP contribution is 2.11. The third kappa shape index (κ3) is 2.56. The van der Waals surface area contributed by atoms with Crippen molar-refractivity contribution in [3.05, 3.63) is 25.4 Å². The number of aryl methyl sites for hydroxylation is 1. The third-order valence-electron chi connectivity index (χ3n) is 1.98. The summed E-state index contributed by atoms with van der Waals surface area (Å²) < 4.78 is 0.730. The van der Waals surface area contributed by atoms with Gasteiger partial charge in [-0.05, 0) is 29.0 Å². The molecule has 4 heteroatoms. The Bertz CT molecular complexity index is 371. The minimum absolute atomic E-state index is 0.00671. The van der Waals surface area contributed by atoms with Gasteiger partial charge in [0.1, 0.15) is 5.82 Å². The van der Waals surface area contributed by atoms with E-state index in [9.17, 15) is 4.79 Å². The van der Waals surface area contributed by atoms with Crippen molar-refractivity contribution in [2.45, 2.75) is 39.5 Å². The normalized spacial score (nSPS) is 10.9. The number of halogens is 1. The molecular formula is C10H15IN2O. The summed E-state index contributed by atoms with van der Waals surface area (Å²) in [6.07, 6.45) is 1.89. The van der Waals surface area contributed by atoms with Gasteiger partial charge in [-0.2, -0.15) is 0 Å². The number of nitrogens with zero attached hydrogens (tertiary/aromatic N) is 1. The Morgan fingerprint density at radius 2 is 2.14 bits per heavy atom. The zero-order chi connectivity index (χ0) is 10.7. The summed E-state index contributed by atoms with van der Waals surface area (Å²) in [5.41, 5.74) is 0.924. The number of hydrogen-bond donors (Lipinski definition) is 1. The first-order valence-electron chi connectivity index (χ1n) is 4.84. The van der Waals surface area contributed by atoms with Crippen molar-refractivity contribution in [1.82, 2.24) is 9.97 Å². The van der Waals surface area contributed by atoms with Crippen LogP contribution in [0.3, 0.4) is 0 Å². The van der Waals surface area contributed by atoms with Gasteiger partial charge in [-0.3, -0.25) is 4.79 Å². The third-order valence-corrected chi connectivity index (χ3v) is 3.10. The van der Waals surface area contributed by atoms with Crippen LogP contribution in [-0.2, 0) is 6.42 Å². The number of aromatic amines is 1. The van der Waals surface area contributed by atoms with Gasteiger partial charge in [-0.25, -0.2) is 4.98 Å². The smallest absolute Gasteiger partial charge is 0.264 e. The number of H-pyrrole nitrogens is 1. The van der Waals surface area contributed by atoms with Crippen molar-refractivity contribution in [2.24, 2.45) is 0 Å². The Morgan fingerprint density at radius 3 is 2.64 bits per heavy atom. The highest BCUT2D eigenvalue weighted by molar-refractivity contribution is 14.1. The molecule has 0 spiro atoms. The molecule has 0 atom stereocenters. The first-order valence-corrected chi connectivity index (χ1v) is 5.92. The molecule has 1 aromatic heterocycles. The Morgan fingerprint density at radius 1 is 1.50 bits per heavy atom. The Balaban J connectivity index is 3.21. The summed E-state index contributed by atoms with van der Waals surface area (Å²) in [6.45, 7) is 6.15. The SMILES string of the molecule is CCCc1nc(C(C)C)[nH]c(=O)c1I. The summed E-state index contributed by atoms with van der Waals surface area (Å²) >= 11 is 2.06. The molecule has 1 N–H and O–H groups in total. The summed E-state index contributed by atoms with van der Waals surface area (Å²) in [6, 6.07) is 0. The average Bonchev–Trinajstić information content (AvgIpc) is 2.12. The summed E-state index contributed by atoms with van der Waals surface area (Å²) in [4.78, 5) is 18.8. The van der Waals surface area contributed by atoms with E-state index < -0.39 is 0 Å². The molecule has 0 aliphatic carbocycles. The van der Waals surface area contributed by atoms with Gasteiger partial charge in [-0.15, -0.1) is 0 Å². The van der Waals surface area contributed by atoms with Crippen LogP contribution in [0.15, 0.2) is 4.79 Å². The van der Waals surface area contributed by atoms with E-state index >= 15 is 0 Å². The van der Waals surface area contributed by atoms with Crippen LogP contribution in [0.4, 0.5) is 0 Å². The monoisotopic (exact) mass is 306 g/mol. The van der Waals surface area contributed by atoms with E-state index in [2.05, 4.69) is 39.5 Å². The quantitative estimate of drug-likeness (QED) is 0.872. The van der Waals surface area contributed by atoms with Crippen LogP contribution in [0, 0.1) is 3.57 Å². The van der Waals surface area contributed by atoms with Gasteiger partial charge in [-0.1, -0.05) is 27.2 Å². The van der Waals surface area contributed by atoms with Crippen molar-refractivity contribution >= 4 is 22.6 Å². The molecule has 0 bridgehead atoms. The molecule has 0 aliphatic heterocycles. The van der Waals surface area contributed by atoms with Crippen molar-refractivity contribution < 1.29 is 0 Å². The second kappa shape index (κ2) is 4.91. The second-order valence-corrected chi connectivity index (χ2v) is 4.70. The highest BCUT2D eigenvalue weighted by atomic mass is 127. The predicted molar refractivity (Wildman–Crippen MR) is 65.7 cm³/mol. The lowest BCUT2D eigenvalue weighted by molar-refractivity contribution is 0.735. The van der Waals surface area contributed by atoms with Crippen LogP contribution in [0.5, 0.6) is 0 Å². The Kier molecular flexibility index (Phi) is 4.10. The topological polar surface area (TPSA) is 45.8 Å². The van der Waals surface area contributed by atoms with Gasteiger partial charge in [0.25, 0.3) is 5.56 Å². The molecule has 3 nitrogen and oxygen atoms in total. The molecule has 1 heterocycles.